The van der Waals surface area contributed by atoms with Crippen LogP contribution in [0.3, 0.4) is 0 Å². The molecular weight excluding hydrogens is 314 g/mol. The Morgan fingerprint density at radius 1 is 1.26 bits per heavy atom. The number of hydrogen-bond acceptors (Lipinski definition) is 4. The lowest BCUT2D eigenvalue weighted by Crippen LogP contribution is -2.43. The second-order valence-electron chi connectivity index (χ2n) is 6.35. The lowest BCUT2D eigenvalue weighted by molar-refractivity contribution is -0.121. The Bertz CT molecular complexity index is 658. The first-order chi connectivity index (χ1) is 11.0. The normalized spacial score (nSPS) is 22.4. The standard InChI is InChI=1S/C16H23N3O3S/c1-18(23(21,22)15-5-3-2-4-6-15)12-16(20)17-13-9-10-19(11-13)14-7-8-14/h2-6,13-14H,7-12H2,1H3,(H,17,20). The van der Waals surface area contributed by atoms with Crippen molar-refractivity contribution in [2.75, 3.05) is 26.7 Å². The van der Waals surface area contributed by atoms with E-state index in [0.29, 0.717) is 6.04 Å². The molecule has 1 aliphatic carbocycles. The molecule has 1 atom stereocenters. The molecule has 2 aliphatic rings. The van der Waals surface area contributed by atoms with Crippen molar-refractivity contribution >= 4 is 15.9 Å². The van der Waals surface area contributed by atoms with Gasteiger partial charge in [0.05, 0.1) is 11.4 Å². The number of rotatable bonds is 6. The zero-order chi connectivity index (χ0) is 16.4. The van der Waals surface area contributed by atoms with Gasteiger partial charge in [-0.3, -0.25) is 9.69 Å². The molecule has 1 unspecified atom stereocenters. The van der Waals surface area contributed by atoms with E-state index in [0.717, 1.165) is 23.8 Å². The molecule has 1 saturated heterocycles. The lowest BCUT2D eigenvalue weighted by Gasteiger charge is -2.19. The van der Waals surface area contributed by atoms with Crippen molar-refractivity contribution in [3.63, 3.8) is 0 Å². The second-order valence-corrected chi connectivity index (χ2v) is 8.40. The molecule has 0 bridgehead atoms. The highest BCUT2D eigenvalue weighted by atomic mass is 32.2. The number of likely N-dealkylation sites (N-methyl/N-ethyl adjacent to an activating group) is 1. The number of carbonyl (C=O) groups excluding carboxylic acids is 1. The molecule has 1 N–H and O–H groups in total. The second kappa shape index (κ2) is 6.59. The minimum Gasteiger partial charge on any atom is -0.351 e. The highest BCUT2D eigenvalue weighted by Crippen LogP contribution is 2.29. The maximum absolute atomic E-state index is 12.4. The third kappa shape index (κ3) is 3.91. The van der Waals surface area contributed by atoms with Crippen molar-refractivity contribution in [1.82, 2.24) is 14.5 Å². The van der Waals surface area contributed by atoms with Gasteiger partial charge in [-0.25, -0.2) is 8.42 Å². The molecular formula is C16H23N3O3S. The molecule has 3 rings (SSSR count). The van der Waals surface area contributed by atoms with Crippen LogP contribution in [0.1, 0.15) is 19.3 Å². The van der Waals surface area contributed by atoms with Crippen LogP contribution < -0.4 is 5.32 Å². The summed E-state index contributed by atoms with van der Waals surface area (Å²) in [6.45, 7) is 1.75. The maximum Gasteiger partial charge on any atom is 0.243 e. The Labute approximate surface area is 137 Å². The summed E-state index contributed by atoms with van der Waals surface area (Å²) >= 11 is 0. The summed E-state index contributed by atoms with van der Waals surface area (Å²) in [6.07, 6.45) is 3.47. The predicted molar refractivity (Wildman–Crippen MR) is 87.4 cm³/mol. The number of benzene rings is 1. The molecule has 1 aliphatic heterocycles. The zero-order valence-electron chi connectivity index (χ0n) is 13.3. The topological polar surface area (TPSA) is 69.7 Å². The summed E-state index contributed by atoms with van der Waals surface area (Å²) in [5.41, 5.74) is 0. The highest BCUT2D eigenvalue weighted by Gasteiger charge is 2.35. The SMILES string of the molecule is CN(CC(=O)NC1CCN(C2CC2)C1)S(=O)(=O)c1ccccc1. The van der Waals surface area contributed by atoms with E-state index in [1.807, 2.05) is 0 Å². The number of hydrogen-bond donors (Lipinski definition) is 1. The third-order valence-corrected chi connectivity index (χ3v) is 6.28. The van der Waals surface area contributed by atoms with Gasteiger partial charge < -0.3 is 5.32 Å². The smallest absolute Gasteiger partial charge is 0.243 e. The Morgan fingerprint density at radius 3 is 2.61 bits per heavy atom. The number of nitrogens with zero attached hydrogens (tertiary/aromatic N) is 2. The fraction of sp³-hybridized carbons (Fsp3) is 0.562. The van der Waals surface area contributed by atoms with Gasteiger partial charge in [-0.1, -0.05) is 18.2 Å². The molecule has 23 heavy (non-hydrogen) atoms. The van der Waals surface area contributed by atoms with Crippen molar-refractivity contribution in [3.05, 3.63) is 30.3 Å². The van der Waals surface area contributed by atoms with Crippen molar-refractivity contribution in [2.24, 2.45) is 0 Å². The fourth-order valence-electron chi connectivity index (χ4n) is 3.01. The van der Waals surface area contributed by atoms with E-state index in [1.165, 1.54) is 32.0 Å². The molecule has 0 spiro atoms. The van der Waals surface area contributed by atoms with Gasteiger partial charge in [-0.2, -0.15) is 4.31 Å². The highest BCUT2D eigenvalue weighted by molar-refractivity contribution is 7.89. The summed E-state index contributed by atoms with van der Waals surface area (Å²) < 4.78 is 25.9. The lowest BCUT2D eigenvalue weighted by atomic mass is 10.2. The Hall–Kier alpha value is -1.44. The Morgan fingerprint density at radius 2 is 1.96 bits per heavy atom. The van der Waals surface area contributed by atoms with E-state index in [2.05, 4.69) is 10.2 Å². The van der Waals surface area contributed by atoms with Gasteiger partial charge in [-0.15, -0.1) is 0 Å². The summed E-state index contributed by atoms with van der Waals surface area (Å²) in [6, 6.07) is 9.02. The Kier molecular flexibility index (Phi) is 4.70. The van der Waals surface area contributed by atoms with E-state index < -0.39 is 10.0 Å². The van der Waals surface area contributed by atoms with Crippen molar-refractivity contribution < 1.29 is 13.2 Å². The first kappa shape index (κ1) is 16.4. The number of nitrogens with one attached hydrogen (secondary N) is 1. The molecule has 1 aromatic rings. The van der Waals surface area contributed by atoms with Crippen molar-refractivity contribution in [2.45, 2.75) is 36.2 Å². The van der Waals surface area contributed by atoms with Crippen molar-refractivity contribution in [3.8, 4) is 0 Å². The van der Waals surface area contributed by atoms with Crippen LogP contribution in [0.15, 0.2) is 35.2 Å². The molecule has 7 heteroatoms. The van der Waals surface area contributed by atoms with Gasteiger partial charge in [0.15, 0.2) is 0 Å². The number of carbonyl (C=O) groups is 1. The van der Waals surface area contributed by atoms with Crippen LogP contribution >= 0.6 is 0 Å². The first-order valence-corrected chi connectivity index (χ1v) is 9.45. The van der Waals surface area contributed by atoms with Crippen LogP contribution in [0.5, 0.6) is 0 Å². The molecule has 126 valence electrons. The number of sulfonamides is 1. The third-order valence-electron chi connectivity index (χ3n) is 4.47. The molecule has 1 aromatic carbocycles. The van der Waals surface area contributed by atoms with E-state index >= 15 is 0 Å². The van der Waals surface area contributed by atoms with Crippen LogP contribution in [0.25, 0.3) is 0 Å². The molecule has 1 saturated carbocycles. The van der Waals surface area contributed by atoms with E-state index in [4.69, 9.17) is 0 Å². The van der Waals surface area contributed by atoms with E-state index in [9.17, 15) is 13.2 Å². The predicted octanol–water partition coefficient (Wildman–Crippen LogP) is 0.660. The molecule has 1 heterocycles. The molecule has 0 radical (unpaired) electrons. The quantitative estimate of drug-likeness (QED) is 0.828. The van der Waals surface area contributed by atoms with Gasteiger partial charge in [0, 0.05) is 32.2 Å². The van der Waals surface area contributed by atoms with Crippen LogP contribution in [0, 0.1) is 0 Å². The fourth-order valence-corrected chi connectivity index (χ4v) is 4.16. The van der Waals surface area contributed by atoms with Crippen LogP contribution in [0.2, 0.25) is 0 Å². The average molecular weight is 337 g/mol. The van der Waals surface area contributed by atoms with Gasteiger partial charge in [-0.05, 0) is 31.4 Å². The summed E-state index contributed by atoms with van der Waals surface area (Å²) in [5, 5.41) is 2.96. The number of likely N-dealkylation sites (tertiary alicyclic amines) is 1. The van der Waals surface area contributed by atoms with Gasteiger partial charge in [0.25, 0.3) is 0 Å². The van der Waals surface area contributed by atoms with Crippen LogP contribution in [-0.4, -0.2) is 62.3 Å². The first-order valence-electron chi connectivity index (χ1n) is 8.01. The minimum absolute atomic E-state index is 0.135. The van der Waals surface area contributed by atoms with Crippen molar-refractivity contribution in [1.29, 1.82) is 0 Å². The molecule has 6 nitrogen and oxygen atoms in total. The van der Waals surface area contributed by atoms with Crippen LogP contribution in [-0.2, 0) is 14.8 Å². The summed E-state index contributed by atoms with van der Waals surface area (Å²) in [4.78, 5) is 14.8. The Balaban J connectivity index is 1.53. The monoisotopic (exact) mass is 337 g/mol. The van der Waals surface area contributed by atoms with Gasteiger partial charge in [0.2, 0.25) is 15.9 Å². The maximum atomic E-state index is 12.4. The molecule has 0 aromatic heterocycles. The molecule has 2 fully saturated rings. The number of amides is 1. The minimum atomic E-state index is -3.62. The van der Waals surface area contributed by atoms with Gasteiger partial charge >= 0.3 is 0 Å². The largest absolute Gasteiger partial charge is 0.351 e. The van der Waals surface area contributed by atoms with E-state index in [-0.39, 0.29) is 23.4 Å². The summed E-state index contributed by atoms with van der Waals surface area (Å²) in [5.74, 6) is -0.241. The van der Waals surface area contributed by atoms with Crippen LogP contribution in [0.4, 0.5) is 0 Å². The van der Waals surface area contributed by atoms with E-state index in [1.54, 1.807) is 18.2 Å². The summed E-state index contributed by atoms with van der Waals surface area (Å²) in [7, 11) is -2.18. The van der Waals surface area contributed by atoms with Gasteiger partial charge in [0.1, 0.15) is 0 Å². The average Bonchev–Trinajstić information content (AvgIpc) is 3.28. The molecule has 1 amide bonds. The zero-order valence-corrected chi connectivity index (χ0v) is 14.1.